The molecule has 1 saturated heterocycles. The number of phenols is 1. The SMILES string of the molecule is O=C(Cc1ccccc1O)NCC(=O)N1CCCC1. The molecular weight excluding hydrogens is 244 g/mol. The zero-order valence-electron chi connectivity index (χ0n) is 10.8. The molecule has 0 radical (unpaired) electrons. The maximum absolute atomic E-state index is 11.7. The average Bonchev–Trinajstić information content (AvgIpc) is 2.93. The standard InChI is InChI=1S/C14H18N2O3/c17-12-6-2-1-5-11(12)9-13(18)15-10-14(19)16-7-3-4-8-16/h1-2,5-6,17H,3-4,7-10H2,(H,15,18). The van der Waals surface area contributed by atoms with Crippen LogP contribution in [-0.4, -0.2) is 41.5 Å². The molecule has 0 saturated carbocycles. The van der Waals surface area contributed by atoms with Crippen LogP contribution in [0.4, 0.5) is 0 Å². The van der Waals surface area contributed by atoms with E-state index >= 15 is 0 Å². The summed E-state index contributed by atoms with van der Waals surface area (Å²) in [5, 5.41) is 12.1. The van der Waals surface area contributed by atoms with Crippen LogP contribution < -0.4 is 5.32 Å². The van der Waals surface area contributed by atoms with Gasteiger partial charge in [0.05, 0.1) is 13.0 Å². The smallest absolute Gasteiger partial charge is 0.241 e. The summed E-state index contributed by atoms with van der Waals surface area (Å²) in [7, 11) is 0. The fraction of sp³-hybridized carbons (Fsp3) is 0.429. The number of rotatable bonds is 4. The summed E-state index contributed by atoms with van der Waals surface area (Å²) in [6.07, 6.45) is 2.16. The molecule has 0 spiro atoms. The molecule has 1 heterocycles. The number of nitrogens with one attached hydrogen (secondary N) is 1. The summed E-state index contributed by atoms with van der Waals surface area (Å²) in [6.45, 7) is 1.61. The Morgan fingerprint density at radius 3 is 2.58 bits per heavy atom. The van der Waals surface area contributed by atoms with E-state index in [4.69, 9.17) is 0 Å². The Morgan fingerprint density at radius 2 is 1.89 bits per heavy atom. The zero-order valence-corrected chi connectivity index (χ0v) is 10.8. The van der Waals surface area contributed by atoms with Crippen LogP contribution in [0.1, 0.15) is 18.4 Å². The average molecular weight is 262 g/mol. The van der Waals surface area contributed by atoms with E-state index in [1.165, 1.54) is 6.07 Å². The minimum absolute atomic E-state index is 0.0342. The molecule has 0 bridgehead atoms. The Balaban J connectivity index is 1.78. The van der Waals surface area contributed by atoms with Crippen LogP contribution in [0.5, 0.6) is 5.75 Å². The van der Waals surface area contributed by atoms with Crippen molar-refractivity contribution >= 4 is 11.8 Å². The molecule has 5 heteroatoms. The molecule has 102 valence electrons. The van der Waals surface area contributed by atoms with Crippen molar-refractivity contribution in [1.29, 1.82) is 0 Å². The van der Waals surface area contributed by atoms with Gasteiger partial charge in [0.2, 0.25) is 11.8 Å². The summed E-state index contributed by atoms with van der Waals surface area (Å²) in [6, 6.07) is 6.69. The van der Waals surface area contributed by atoms with Crippen molar-refractivity contribution in [3.8, 4) is 5.75 Å². The highest BCUT2D eigenvalue weighted by atomic mass is 16.3. The lowest BCUT2D eigenvalue weighted by molar-refractivity contribution is -0.131. The maximum Gasteiger partial charge on any atom is 0.241 e. The summed E-state index contributed by atoms with van der Waals surface area (Å²) < 4.78 is 0. The summed E-state index contributed by atoms with van der Waals surface area (Å²) in [4.78, 5) is 25.2. The van der Waals surface area contributed by atoms with Crippen LogP contribution in [0.25, 0.3) is 0 Å². The zero-order chi connectivity index (χ0) is 13.7. The van der Waals surface area contributed by atoms with Crippen molar-refractivity contribution in [2.75, 3.05) is 19.6 Å². The number of phenolic OH excluding ortho intramolecular Hbond substituents is 1. The van der Waals surface area contributed by atoms with Gasteiger partial charge in [0.1, 0.15) is 5.75 Å². The van der Waals surface area contributed by atoms with E-state index in [1.807, 2.05) is 0 Å². The van der Waals surface area contributed by atoms with E-state index in [-0.39, 0.29) is 30.5 Å². The van der Waals surface area contributed by atoms with Gasteiger partial charge in [0.25, 0.3) is 0 Å². The molecule has 0 atom stereocenters. The molecule has 5 nitrogen and oxygen atoms in total. The third-order valence-electron chi connectivity index (χ3n) is 3.24. The van der Waals surface area contributed by atoms with Gasteiger partial charge in [-0.3, -0.25) is 9.59 Å². The van der Waals surface area contributed by atoms with Crippen LogP contribution in [0.3, 0.4) is 0 Å². The third kappa shape index (κ3) is 3.71. The number of para-hydroxylation sites is 1. The predicted octanol–water partition coefficient (Wildman–Crippen LogP) is 0.673. The molecule has 1 aliphatic rings. The Morgan fingerprint density at radius 1 is 1.21 bits per heavy atom. The number of hydrogen-bond donors (Lipinski definition) is 2. The van der Waals surface area contributed by atoms with Gasteiger partial charge in [-0.2, -0.15) is 0 Å². The third-order valence-corrected chi connectivity index (χ3v) is 3.24. The Kier molecular flexibility index (Phi) is 4.39. The molecular formula is C14H18N2O3. The van der Waals surface area contributed by atoms with Crippen LogP contribution in [0.2, 0.25) is 0 Å². The minimum Gasteiger partial charge on any atom is -0.508 e. The van der Waals surface area contributed by atoms with Crippen LogP contribution in [-0.2, 0) is 16.0 Å². The first-order valence-corrected chi connectivity index (χ1v) is 6.48. The first-order chi connectivity index (χ1) is 9.16. The number of nitrogens with zero attached hydrogens (tertiary/aromatic N) is 1. The highest BCUT2D eigenvalue weighted by molar-refractivity contribution is 5.86. The first kappa shape index (κ1) is 13.4. The molecule has 0 aliphatic carbocycles. The van der Waals surface area contributed by atoms with Crippen LogP contribution >= 0.6 is 0 Å². The highest BCUT2D eigenvalue weighted by Crippen LogP contribution is 2.15. The number of carbonyl (C=O) groups is 2. The van der Waals surface area contributed by atoms with Crippen LogP contribution in [0, 0.1) is 0 Å². The van der Waals surface area contributed by atoms with E-state index in [2.05, 4.69) is 5.32 Å². The van der Waals surface area contributed by atoms with Crippen molar-refractivity contribution in [1.82, 2.24) is 10.2 Å². The van der Waals surface area contributed by atoms with Gasteiger partial charge in [-0.1, -0.05) is 18.2 Å². The van der Waals surface area contributed by atoms with Gasteiger partial charge >= 0.3 is 0 Å². The van der Waals surface area contributed by atoms with Gasteiger partial charge in [0.15, 0.2) is 0 Å². The second-order valence-corrected chi connectivity index (χ2v) is 4.67. The number of likely N-dealkylation sites (tertiary alicyclic amines) is 1. The van der Waals surface area contributed by atoms with Crippen molar-refractivity contribution in [3.63, 3.8) is 0 Å². The molecule has 1 aliphatic heterocycles. The van der Waals surface area contributed by atoms with E-state index in [0.29, 0.717) is 5.56 Å². The number of hydrogen-bond acceptors (Lipinski definition) is 3. The Hall–Kier alpha value is -2.04. The quantitative estimate of drug-likeness (QED) is 0.838. The van der Waals surface area contributed by atoms with Crippen LogP contribution in [0.15, 0.2) is 24.3 Å². The molecule has 2 rings (SSSR count). The fourth-order valence-corrected chi connectivity index (χ4v) is 2.15. The van der Waals surface area contributed by atoms with Gasteiger partial charge in [0, 0.05) is 18.7 Å². The number of carbonyl (C=O) groups excluding carboxylic acids is 2. The summed E-state index contributed by atoms with van der Waals surface area (Å²) in [5.74, 6) is -0.194. The Labute approximate surface area is 112 Å². The predicted molar refractivity (Wildman–Crippen MR) is 70.6 cm³/mol. The summed E-state index contributed by atoms with van der Waals surface area (Å²) >= 11 is 0. The van der Waals surface area contributed by atoms with E-state index < -0.39 is 0 Å². The number of amides is 2. The van der Waals surface area contributed by atoms with Crippen molar-refractivity contribution in [2.24, 2.45) is 0 Å². The van der Waals surface area contributed by atoms with Crippen molar-refractivity contribution in [3.05, 3.63) is 29.8 Å². The number of aromatic hydroxyl groups is 1. The van der Waals surface area contributed by atoms with Gasteiger partial charge in [-0.05, 0) is 18.9 Å². The lowest BCUT2D eigenvalue weighted by Gasteiger charge is -2.15. The molecule has 2 amide bonds. The maximum atomic E-state index is 11.7. The molecule has 1 aromatic rings. The van der Waals surface area contributed by atoms with Gasteiger partial charge < -0.3 is 15.3 Å². The van der Waals surface area contributed by atoms with Gasteiger partial charge in [-0.25, -0.2) is 0 Å². The van der Waals surface area contributed by atoms with E-state index in [0.717, 1.165) is 25.9 Å². The molecule has 0 aromatic heterocycles. The topological polar surface area (TPSA) is 69.6 Å². The van der Waals surface area contributed by atoms with E-state index in [9.17, 15) is 14.7 Å². The highest BCUT2D eigenvalue weighted by Gasteiger charge is 2.18. The van der Waals surface area contributed by atoms with Crippen molar-refractivity contribution in [2.45, 2.75) is 19.3 Å². The first-order valence-electron chi connectivity index (χ1n) is 6.48. The monoisotopic (exact) mass is 262 g/mol. The second kappa shape index (κ2) is 6.22. The molecule has 1 aromatic carbocycles. The largest absolute Gasteiger partial charge is 0.508 e. The fourth-order valence-electron chi connectivity index (χ4n) is 2.15. The lowest BCUT2D eigenvalue weighted by Crippen LogP contribution is -2.39. The summed E-state index contributed by atoms with van der Waals surface area (Å²) in [5.41, 5.74) is 0.564. The minimum atomic E-state index is -0.256. The Bertz CT molecular complexity index is 468. The second-order valence-electron chi connectivity index (χ2n) is 4.67. The lowest BCUT2D eigenvalue weighted by atomic mass is 10.1. The molecule has 0 unspecified atom stereocenters. The van der Waals surface area contributed by atoms with E-state index in [1.54, 1.807) is 23.1 Å². The van der Waals surface area contributed by atoms with Crippen molar-refractivity contribution < 1.29 is 14.7 Å². The normalized spacial score (nSPS) is 14.4. The number of benzene rings is 1. The molecule has 2 N–H and O–H groups in total. The van der Waals surface area contributed by atoms with Gasteiger partial charge in [-0.15, -0.1) is 0 Å². The molecule has 19 heavy (non-hydrogen) atoms. The molecule has 1 fully saturated rings.